The summed E-state index contributed by atoms with van der Waals surface area (Å²) in [7, 11) is 0. The Hall–Kier alpha value is -2.23. The van der Waals surface area contributed by atoms with Crippen LogP contribution in [0, 0.1) is 0 Å². The van der Waals surface area contributed by atoms with E-state index in [-0.39, 0.29) is 5.91 Å². The summed E-state index contributed by atoms with van der Waals surface area (Å²) >= 11 is 0. The predicted octanol–water partition coefficient (Wildman–Crippen LogP) is 2.55. The Kier molecular flexibility index (Phi) is 2.95. The van der Waals surface area contributed by atoms with Gasteiger partial charge in [-0.3, -0.25) is 4.79 Å². The number of hydrogen-bond donors (Lipinski definition) is 0. The van der Waals surface area contributed by atoms with E-state index in [0.717, 1.165) is 18.7 Å². The Morgan fingerprint density at radius 3 is 2.57 bits per heavy atom. The molecule has 1 aliphatic carbocycles. The van der Waals surface area contributed by atoms with Crippen LogP contribution in [0.25, 0.3) is 0 Å². The van der Waals surface area contributed by atoms with Crippen molar-refractivity contribution in [3.05, 3.63) is 58.9 Å². The average Bonchev–Trinajstić information content (AvgIpc) is 3.39. The molecule has 0 bridgehead atoms. The Bertz CT molecular complexity index is 677. The number of fused-ring (bicyclic) bond motifs is 1. The zero-order valence-corrected chi connectivity index (χ0v) is 11.8. The lowest BCUT2D eigenvalue weighted by Gasteiger charge is -2.28. The van der Waals surface area contributed by atoms with Crippen molar-refractivity contribution in [1.29, 1.82) is 0 Å². The molecule has 0 radical (unpaired) electrons. The van der Waals surface area contributed by atoms with Gasteiger partial charge < -0.3 is 4.90 Å². The lowest BCUT2D eigenvalue weighted by molar-refractivity contribution is 0.0727. The van der Waals surface area contributed by atoms with Crippen LogP contribution in [0.15, 0.2) is 36.4 Å². The van der Waals surface area contributed by atoms with Gasteiger partial charge in [-0.2, -0.15) is 5.10 Å². The summed E-state index contributed by atoms with van der Waals surface area (Å²) in [4.78, 5) is 14.4. The number of nitrogens with zero attached hydrogens (tertiary/aromatic N) is 3. The number of rotatable bonds is 2. The molecule has 0 saturated heterocycles. The number of benzene rings is 1. The SMILES string of the molecule is O=C(c1ccc(C2CC2)nn1)N1CCc2ccccc2C1. The highest BCUT2D eigenvalue weighted by Crippen LogP contribution is 2.38. The number of carbonyl (C=O) groups is 1. The summed E-state index contributed by atoms with van der Waals surface area (Å²) in [6.45, 7) is 1.42. The van der Waals surface area contributed by atoms with Gasteiger partial charge in [0.2, 0.25) is 0 Å². The molecule has 0 atom stereocenters. The quantitative estimate of drug-likeness (QED) is 0.848. The lowest BCUT2D eigenvalue weighted by atomic mass is 10.00. The second-order valence-corrected chi connectivity index (χ2v) is 5.86. The van der Waals surface area contributed by atoms with E-state index in [4.69, 9.17) is 0 Å². The van der Waals surface area contributed by atoms with Gasteiger partial charge in [-0.15, -0.1) is 5.10 Å². The van der Waals surface area contributed by atoms with Gasteiger partial charge in [-0.05, 0) is 42.5 Å². The Morgan fingerprint density at radius 1 is 1.05 bits per heavy atom. The van der Waals surface area contributed by atoms with Crippen LogP contribution in [0.2, 0.25) is 0 Å². The molecule has 1 aliphatic heterocycles. The summed E-state index contributed by atoms with van der Waals surface area (Å²) in [6.07, 6.45) is 3.31. The van der Waals surface area contributed by atoms with Gasteiger partial charge in [0.05, 0.1) is 5.69 Å². The molecule has 4 heteroatoms. The first-order valence-electron chi connectivity index (χ1n) is 7.51. The van der Waals surface area contributed by atoms with E-state index >= 15 is 0 Å². The first-order chi connectivity index (χ1) is 10.3. The molecule has 0 spiro atoms. The Morgan fingerprint density at radius 2 is 1.86 bits per heavy atom. The van der Waals surface area contributed by atoms with E-state index in [2.05, 4.69) is 28.4 Å². The number of aromatic nitrogens is 2. The third kappa shape index (κ3) is 2.42. The average molecular weight is 279 g/mol. The highest BCUT2D eigenvalue weighted by Gasteiger charge is 2.27. The molecule has 1 fully saturated rings. The van der Waals surface area contributed by atoms with Gasteiger partial charge in [0.25, 0.3) is 5.91 Å². The normalized spacial score (nSPS) is 17.4. The maximum atomic E-state index is 12.5. The molecular weight excluding hydrogens is 262 g/mol. The third-order valence-corrected chi connectivity index (χ3v) is 4.32. The predicted molar refractivity (Wildman–Crippen MR) is 78.9 cm³/mol. The molecule has 106 valence electrons. The summed E-state index contributed by atoms with van der Waals surface area (Å²) in [5.41, 5.74) is 4.06. The van der Waals surface area contributed by atoms with E-state index in [1.807, 2.05) is 23.1 Å². The molecular formula is C17H17N3O. The number of amides is 1. The van der Waals surface area contributed by atoms with Crippen molar-refractivity contribution >= 4 is 5.91 Å². The molecule has 21 heavy (non-hydrogen) atoms. The van der Waals surface area contributed by atoms with Crippen LogP contribution in [-0.4, -0.2) is 27.5 Å². The van der Waals surface area contributed by atoms with Crippen LogP contribution in [0.5, 0.6) is 0 Å². The molecule has 4 nitrogen and oxygen atoms in total. The monoisotopic (exact) mass is 279 g/mol. The first-order valence-corrected chi connectivity index (χ1v) is 7.51. The van der Waals surface area contributed by atoms with Gasteiger partial charge in [-0.25, -0.2) is 0 Å². The van der Waals surface area contributed by atoms with Crippen molar-refractivity contribution in [3.63, 3.8) is 0 Å². The van der Waals surface area contributed by atoms with E-state index in [9.17, 15) is 4.79 Å². The first kappa shape index (κ1) is 12.5. The molecule has 0 N–H and O–H groups in total. The van der Waals surface area contributed by atoms with Crippen LogP contribution >= 0.6 is 0 Å². The minimum atomic E-state index is -0.0145. The fourth-order valence-corrected chi connectivity index (χ4v) is 2.88. The summed E-state index contributed by atoms with van der Waals surface area (Å²) in [5.74, 6) is 0.558. The second-order valence-electron chi connectivity index (χ2n) is 5.86. The Labute approximate surface area is 123 Å². The minimum Gasteiger partial charge on any atom is -0.333 e. The van der Waals surface area contributed by atoms with Gasteiger partial charge in [0, 0.05) is 19.0 Å². The van der Waals surface area contributed by atoms with Gasteiger partial charge >= 0.3 is 0 Å². The Balaban J connectivity index is 1.52. The van der Waals surface area contributed by atoms with Crippen molar-refractivity contribution in [2.45, 2.75) is 31.7 Å². The van der Waals surface area contributed by atoms with Crippen LogP contribution in [0.4, 0.5) is 0 Å². The highest BCUT2D eigenvalue weighted by atomic mass is 16.2. The minimum absolute atomic E-state index is 0.0145. The van der Waals surface area contributed by atoms with Crippen LogP contribution in [0.3, 0.4) is 0 Å². The molecule has 2 heterocycles. The molecule has 1 amide bonds. The molecule has 1 aromatic carbocycles. The molecule has 2 aromatic rings. The van der Waals surface area contributed by atoms with E-state index in [1.54, 1.807) is 0 Å². The zero-order valence-electron chi connectivity index (χ0n) is 11.8. The third-order valence-electron chi connectivity index (χ3n) is 4.32. The lowest BCUT2D eigenvalue weighted by Crippen LogP contribution is -2.36. The largest absolute Gasteiger partial charge is 0.333 e. The summed E-state index contributed by atoms with van der Waals surface area (Å²) in [6, 6.07) is 12.1. The molecule has 1 saturated carbocycles. The maximum Gasteiger partial charge on any atom is 0.274 e. The van der Waals surface area contributed by atoms with Gasteiger partial charge in [0.15, 0.2) is 5.69 Å². The zero-order chi connectivity index (χ0) is 14.2. The van der Waals surface area contributed by atoms with Gasteiger partial charge in [0.1, 0.15) is 0 Å². The highest BCUT2D eigenvalue weighted by molar-refractivity contribution is 5.92. The van der Waals surface area contributed by atoms with E-state index < -0.39 is 0 Å². The second kappa shape index (κ2) is 4.95. The van der Waals surface area contributed by atoms with E-state index in [1.165, 1.54) is 24.0 Å². The maximum absolute atomic E-state index is 12.5. The molecule has 4 rings (SSSR count). The summed E-state index contributed by atoms with van der Waals surface area (Å²) < 4.78 is 0. The fourth-order valence-electron chi connectivity index (χ4n) is 2.88. The van der Waals surface area contributed by atoms with Crippen molar-refractivity contribution in [2.75, 3.05) is 6.54 Å². The molecule has 0 unspecified atom stereocenters. The van der Waals surface area contributed by atoms with E-state index in [0.29, 0.717) is 18.2 Å². The smallest absolute Gasteiger partial charge is 0.274 e. The fraction of sp³-hybridized carbons (Fsp3) is 0.353. The van der Waals surface area contributed by atoms with Crippen LogP contribution in [-0.2, 0) is 13.0 Å². The summed E-state index contributed by atoms with van der Waals surface area (Å²) in [5, 5.41) is 8.33. The van der Waals surface area contributed by atoms with Crippen LogP contribution in [0.1, 0.15) is 46.1 Å². The van der Waals surface area contributed by atoms with Gasteiger partial charge in [-0.1, -0.05) is 24.3 Å². The molecule has 2 aliphatic rings. The van der Waals surface area contributed by atoms with Crippen molar-refractivity contribution in [2.24, 2.45) is 0 Å². The number of carbonyl (C=O) groups excluding carboxylic acids is 1. The van der Waals surface area contributed by atoms with Crippen molar-refractivity contribution in [1.82, 2.24) is 15.1 Å². The van der Waals surface area contributed by atoms with Crippen molar-refractivity contribution in [3.8, 4) is 0 Å². The number of hydrogen-bond acceptors (Lipinski definition) is 3. The topological polar surface area (TPSA) is 46.1 Å². The molecule has 1 aromatic heterocycles. The van der Waals surface area contributed by atoms with Crippen molar-refractivity contribution < 1.29 is 4.79 Å². The standard InChI is InChI=1S/C17H17N3O/c21-17(16-8-7-15(18-19-16)13-5-6-13)20-10-9-12-3-1-2-4-14(12)11-20/h1-4,7-8,13H,5-6,9-11H2. The van der Waals surface area contributed by atoms with Crippen LogP contribution < -0.4 is 0 Å².